The maximum atomic E-state index is 11.3. The molecule has 96 valence electrons. The fourth-order valence-corrected chi connectivity index (χ4v) is 3.64. The van der Waals surface area contributed by atoms with E-state index in [0.717, 1.165) is 17.0 Å². The van der Waals surface area contributed by atoms with Crippen LogP contribution in [-0.2, 0) is 4.79 Å². The Kier molecular flexibility index (Phi) is 4.13. The van der Waals surface area contributed by atoms with E-state index >= 15 is 0 Å². The molecule has 1 fully saturated rings. The SMILES string of the molecule is CC[C@H]1CC[C@@H]([C@@H](C)NC2=NC(=O)[C@@H](C)S2)C1. The number of nitrogens with one attached hydrogen (secondary N) is 1. The Bertz CT molecular complexity index is 329. The zero-order valence-electron chi connectivity index (χ0n) is 10.9. The van der Waals surface area contributed by atoms with Crippen molar-refractivity contribution in [1.29, 1.82) is 0 Å². The minimum Gasteiger partial charge on any atom is -0.362 e. The Morgan fingerprint density at radius 3 is 2.82 bits per heavy atom. The number of carbonyl (C=O) groups excluding carboxylic acids is 1. The van der Waals surface area contributed by atoms with Gasteiger partial charge in [0.25, 0.3) is 5.91 Å². The van der Waals surface area contributed by atoms with Gasteiger partial charge in [0.15, 0.2) is 5.17 Å². The number of thioether (sulfide) groups is 1. The van der Waals surface area contributed by atoms with Crippen LogP contribution in [0.5, 0.6) is 0 Å². The van der Waals surface area contributed by atoms with E-state index in [4.69, 9.17) is 0 Å². The maximum absolute atomic E-state index is 11.3. The van der Waals surface area contributed by atoms with Gasteiger partial charge >= 0.3 is 0 Å². The van der Waals surface area contributed by atoms with E-state index in [-0.39, 0.29) is 11.2 Å². The van der Waals surface area contributed by atoms with Crippen LogP contribution in [0.25, 0.3) is 0 Å². The molecule has 4 heteroatoms. The van der Waals surface area contributed by atoms with Crippen LogP contribution >= 0.6 is 11.8 Å². The minimum atomic E-state index is -0.00308. The van der Waals surface area contributed by atoms with E-state index in [1.54, 1.807) is 11.8 Å². The Balaban J connectivity index is 1.84. The molecule has 1 heterocycles. The number of amides is 1. The van der Waals surface area contributed by atoms with Gasteiger partial charge in [-0.05, 0) is 38.5 Å². The van der Waals surface area contributed by atoms with Crippen LogP contribution in [0.15, 0.2) is 4.99 Å². The molecule has 0 aromatic heterocycles. The van der Waals surface area contributed by atoms with Crippen molar-refractivity contribution in [2.75, 3.05) is 0 Å². The second-order valence-corrected chi connectivity index (χ2v) is 6.63. The van der Waals surface area contributed by atoms with Crippen LogP contribution in [0.4, 0.5) is 0 Å². The third-order valence-corrected chi connectivity index (χ3v) is 5.05. The first kappa shape index (κ1) is 12.9. The molecule has 0 bridgehead atoms. The zero-order valence-corrected chi connectivity index (χ0v) is 11.7. The molecule has 1 amide bonds. The molecule has 1 saturated carbocycles. The number of hydrogen-bond acceptors (Lipinski definition) is 3. The average Bonchev–Trinajstić information content (AvgIpc) is 2.87. The molecule has 0 unspecified atom stereocenters. The van der Waals surface area contributed by atoms with Crippen molar-refractivity contribution in [1.82, 2.24) is 5.32 Å². The Morgan fingerprint density at radius 1 is 1.53 bits per heavy atom. The van der Waals surface area contributed by atoms with Crippen LogP contribution in [0.3, 0.4) is 0 Å². The molecule has 2 aliphatic rings. The number of carbonyl (C=O) groups is 1. The summed E-state index contributed by atoms with van der Waals surface area (Å²) in [6.45, 7) is 6.42. The predicted molar refractivity (Wildman–Crippen MR) is 73.2 cm³/mol. The summed E-state index contributed by atoms with van der Waals surface area (Å²) < 4.78 is 0. The number of nitrogens with zero attached hydrogens (tertiary/aromatic N) is 1. The standard InChI is InChI=1S/C13H22N2OS/c1-4-10-5-6-11(7-10)8(2)14-13-15-12(16)9(3)17-13/h8-11H,4-7H2,1-3H3,(H,14,15,16)/t8-,9-,10+,11-/m1/s1. The molecule has 2 rings (SSSR count). The fraction of sp³-hybridized carbons (Fsp3) is 0.846. The molecule has 17 heavy (non-hydrogen) atoms. The molecule has 1 N–H and O–H groups in total. The second kappa shape index (κ2) is 5.42. The summed E-state index contributed by atoms with van der Waals surface area (Å²) in [5.74, 6) is 1.65. The quantitative estimate of drug-likeness (QED) is 0.842. The molecule has 1 aliphatic heterocycles. The fourth-order valence-electron chi connectivity index (χ4n) is 2.75. The van der Waals surface area contributed by atoms with Crippen molar-refractivity contribution in [3.8, 4) is 0 Å². The summed E-state index contributed by atoms with van der Waals surface area (Å²) in [6.07, 6.45) is 5.30. The lowest BCUT2D eigenvalue weighted by atomic mass is 9.97. The first-order chi connectivity index (χ1) is 8.10. The Hall–Kier alpha value is -0.510. The molecular formula is C13H22N2OS. The lowest BCUT2D eigenvalue weighted by molar-refractivity contribution is -0.116. The summed E-state index contributed by atoms with van der Waals surface area (Å²) in [5, 5.41) is 4.24. The third-order valence-electron chi connectivity index (χ3n) is 4.07. The van der Waals surface area contributed by atoms with Gasteiger partial charge in [-0.3, -0.25) is 4.79 Å². The van der Waals surface area contributed by atoms with E-state index in [1.807, 2.05) is 6.92 Å². The molecular weight excluding hydrogens is 232 g/mol. The summed E-state index contributed by atoms with van der Waals surface area (Å²) in [6, 6.07) is 0.441. The van der Waals surface area contributed by atoms with Crippen LogP contribution in [0.1, 0.15) is 46.5 Å². The highest BCUT2D eigenvalue weighted by Gasteiger charge is 2.30. The molecule has 0 aromatic carbocycles. The van der Waals surface area contributed by atoms with Crippen LogP contribution < -0.4 is 5.32 Å². The third kappa shape index (κ3) is 3.03. The lowest BCUT2D eigenvalue weighted by Crippen LogP contribution is -2.35. The second-order valence-electron chi connectivity index (χ2n) is 5.30. The van der Waals surface area contributed by atoms with E-state index in [9.17, 15) is 4.79 Å². The van der Waals surface area contributed by atoms with Crippen LogP contribution in [0.2, 0.25) is 0 Å². The van der Waals surface area contributed by atoms with E-state index in [1.165, 1.54) is 25.7 Å². The van der Waals surface area contributed by atoms with Gasteiger partial charge in [-0.1, -0.05) is 31.5 Å². The molecule has 1 aliphatic carbocycles. The number of rotatable bonds is 3. The minimum absolute atomic E-state index is 0.00237. The monoisotopic (exact) mass is 254 g/mol. The topological polar surface area (TPSA) is 41.5 Å². The smallest absolute Gasteiger partial charge is 0.261 e. The van der Waals surface area contributed by atoms with Gasteiger partial charge in [0.2, 0.25) is 0 Å². The number of hydrogen-bond donors (Lipinski definition) is 1. The Morgan fingerprint density at radius 2 is 2.29 bits per heavy atom. The largest absolute Gasteiger partial charge is 0.362 e. The van der Waals surface area contributed by atoms with Gasteiger partial charge < -0.3 is 5.32 Å². The first-order valence-corrected chi connectivity index (χ1v) is 7.53. The van der Waals surface area contributed by atoms with Gasteiger partial charge in [-0.25, -0.2) is 0 Å². The maximum Gasteiger partial charge on any atom is 0.261 e. The predicted octanol–water partition coefficient (Wildman–Crippen LogP) is 2.81. The first-order valence-electron chi connectivity index (χ1n) is 6.65. The van der Waals surface area contributed by atoms with E-state index in [0.29, 0.717) is 6.04 Å². The van der Waals surface area contributed by atoms with Crippen molar-refractivity contribution >= 4 is 22.8 Å². The van der Waals surface area contributed by atoms with E-state index in [2.05, 4.69) is 24.2 Å². The van der Waals surface area contributed by atoms with Crippen molar-refractivity contribution in [3.63, 3.8) is 0 Å². The highest BCUT2D eigenvalue weighted by atomic mass is 32.2. The van der Waals surface area contributed by atoms with Crippen molar-refractivity contribution in [3.05, 3.63) is 0 Å². The lowest BCUT2D eigenvalue weighted by Gasteiger charge is -2.21. The zero-order chi connectivity index (χ0) is 12.4. The average molecular weight is 254 g/mol. The highest BCUT2D eigenvalue weighted by Crippen LogP contribution is 2.35. The normalized spacial score (nSPS) is 34.9. The molecule has 0 saturated heterocycles. The molecule has 0 aromatic rings. The molecule has 0 radical (unpaired) electrons. The molecule has 3 nitrogen and oxygen atoms in total. The van der Waals surface area contributed by atoms with Crippen molar-refractivity contribution in [2.24, 2.45) is 16.8 Å². The van der Waals surface area contributed by atoms with Crippen molar-refractivity contribution in [2.45, 2.75) is 57.7 Å². The molecule has 4 atom stereocenters. The highest BCUT2D eigenvalue weighted by molar-refractivity contribution is 8.15. The van der Waals surface area contributed by atoms with Crippen LogP contribution in [0, 0.1) is 11.8 Å². The van der Waals surface area contributed by atoms with Crippen LogP contribution in [-0.4, -0.2) is 22.4 Å². The molecule has 0 spiro atoms. The number of aliphatic imine (C=N–C) groups is 1. The van der Waals surface area contributed by atoms with Gasteiger partial charge in [0.1, 0.15) is 0 Å². The number of amidine groups is 1. The van der Waals surface area contributed by atoms with Crippen molar-refractivity contribution < 1.29 is 4.79 Å². The van der Waals surface area contributed by atoms with Gasteiger partial charge in [-0.15, -0.1) is 0 Å². The summed E-state index contributed by atoms with van der Waals surface area (Å²) in [7, 11) is 0. The summed E-state index contributed by atoms with van der Waals surface area (Å²) in [4.78, 5) is 15.4. The van der Waals surface area contributed by atoms with Gasteiger partial charge in [0, 0.05) is 6.04 Å². The summed E-state index contributed by atoms with van der Waals surface area (Å²) in [5.41, 5.74) is 0. The van der Waals surface area contributed by atoms with E-state index < -0.39 is 0 Å². The summed E-state index contributed by atoms with van der Waals surface area (Å²) >= 11 is 1.56. The van der Waals surface area contributed by atoms with Gasteiger partial charge in [0.05, 0.1) is 5.25 Å². The van der Waals surface area contributed by atoms with Gasteiger partial charge in [-0.2, -0.15) is 4.99 Å². The Labute approximate surface area is 108 Å².